The van der Waals surface area contributed by atoms with E-state index in [4.69, 9.17) is 5.73 Å². The maximum Gasteiger partial charge on any atom is 0.330 e. The summed E-state index contributed by atoms with van der Waals surface area (Å²) >= 11 is 0. The number of nitrogens with zero attached hydrogens (tertiary/aromatic N) is 4. The van der Waals surface area contributed by atoms with Crippen LogP contribution in [0, 0.1) is 10.1 Å². The third-order valence-electron chi connectivity index (χ3n) is 3.09. The topological polar surface area (TPSA) is 99.9 Å². The summed E-state index contributed by atoms with van der Waals surface area (Å²) < 4.78 is 1.40. The van der Waals surface area contributed by atoms with E-state index in [-0.39, 0.29) is 11.5 Å². The summed E-state index contributed by atoms with van der Waals surface area (Å²) in [5.41, 5.74) is 7.30. The highest BCUT2D eigenvalue weighted by atomic mass is 16.6. The minimum absolute atomic E-state index is 0.0444. The van der Waals surface area contributed by atoms with E-state index in [1.54, 1.807) is 6.20 Å². The number of nitro groups is 1. The summed E-state index contributed by atoms with van der Waals surface area (Å²) in [5, 5.41) is 15.7. The lowest BCUT2D eigenvalue weighted by Gasteiger charge is -2.06. The van der Waals surface area contributed by atoms with Crippen molar-refractivity contribution in [1.29, 1.82) is 0 Å². The molecule has 3 rings (SSSR count). The molecule has 2 aromatic heterocycles. The Bertz CT molecular complexity index is 791. The fourth-order valence-electron chi connectivity index (χ4n) is 2.11. The van der Waals surface area contributed by atoms with E-state index in [9.17, 15) is 10.1 Å². The Morgan fingerprint density at radius 2 is 2.10 bits per heavy atom. The smallest absolute Gasteiger partial charge is 0.330 e. The average Bonchev–Trinajstić information content (AvgIpc) is 2.81. The first-order chi connectivity index (χ1) is 9.66. The molecule has 2 N–H and O–H groups in total. The Morgan fingerprint density at radius 1 is 1.30 bits per heavy atom. The van der Waals surface area contributed by atoms with Crippen molar-refractivity contribution in [3.63, 3.8) is 0 Å². The largest absolute Gasteiger partial charge is 0.378 e. The summed E-state index contributed by atoms with van der Waals surface area (Å²) in [6.45, 7) is 0.341. The van der Waals surface area contributed by atoms with E-state index >= 15 is 0 Å². The van der Waals surface area contributed by atoms with E-state index in [1.807, 2.05) is 30.3 Å². The van der Waals surface area contributed by atoms with Crippen molar-refractivity contribution in [3.8, 4) is 0 Å². The molecule has 0 bridgehead atoms. The molecule has 2 heterocycles. The Labute approximate surface area is 113 Å². The zero-order chi connectivity index (χ0) is 14.1. The molecule has 0 saturated heterocycles. The zero-order valence-corrected chi connectivity index (χ0v) is 10.4. The third kappa shape index (κ3) is 1.95. The van der Waals surface area contributed by atoms with Crippen LogP contribution < -0.4 is 5.73 Å². The SMILES string of the molecule is Nc1c([N+](=O)[O-])cnn1Cc1cccc2cccnc12. The zero-order valence-electron chi connectivity index (χ0n) is 10.4. The number of nitrogen functional groups attached to an aromatic ring is 1. The van der Waals surface area contributed by atoms with Gasteiger partial charge < -0.3 is 5.73 Å². The first-order valence-electron chi connectivity index (χ1n) is 5.95. The Morgan fingerprint density at radius 3 is 2.85 bits per heavy atom. The van der Waals surface area contributed by atoms with Crippen LogP contribution in [0.1, 0.15) is 5.56 Å². The van der Waals surface area contributed by atoms with Crippen LogP contribution in [0.2, 0.25) is 0 Å². The van der Waals surface area contributed by atoms with E-state index in [0.717, 1.165) is 22.7 Å². The van der Waals surface area contributed by atoms with Gasteiger partial charge in [0.05, 0.1) is 17.0 Å². The number of anilines is 1. The van der Waals surface area contributed by atoms with Crippen LogP contribution in [0.4, 0.5) is 11.5 Å². The van der Waals surface area contributed by atoms with Crippen molar-refractivity contribution >= 4 is 22.4 Å². The average molecular weight is 269 g/mol. The fourth-order valence-corrected chi connectivity index (χ4v) is 2.11. The Balaban J connectivity index is 2.04. The lowest BCUT2D eigenvalue weighted by atomic mass is 10.1. The van der Waals surface area contributed by atoms with Crippen molar-refractivity contribution in [2.75, 3.05) is 5.73 Å². The highest BCUT2D eigenvalue weighted by molar-refractivity contribution is 5.81. The van der Waals surface area contributed by atoms with Crippen LogP contribution >= 0.6 is 0 Å². The van der Waals surface area contributed by atoms with Gasteiger partial charge in [0.1, 0.15) is 6.20 Å². The molecular formula is C13H11N5O2. The molecule has 0 saturated carbocycles. The first kappa shape index (κ1) is 12.1. The molecule has 100 valence electrons. The summed E-state index contributed by atoms with van der Waals surface area (Å²) in [4.78, 5) is 14.6. The molecule has 7 heteroatoms. The van der Waals surface area contributed by atoms with Gasteiger partial charge in [0.2, 0.25) is 5.82 Å². The van der Waals surface area contributed by atoms with Crippen molar-refractivity contribution in [2.24, 2.45) is 0 Å². The number of rotatable bonds is 3. The van der Waals surface area contributed by atoms with Gasteiger partial charge in [0.15, 0.2) is 0 Å². The number of benzene rings is 1. The van der Waals surface area contributed by atoms with Gasteiger partial charge in [-0.25, -0.2) is 4.68 Å². The van der Waals surface area contributed by atoms with Gasteiger partial charge in [-0.3, -0.25) is 15.1 Å². The fraction of sp³-hybridized carbons (Fsp3) is 0.0769. The summed E-state index contributed by atoms with van der Waals surface area (Å²) in [6.07, 6.45) is 2.87. The molecule has 0 fully saturated rings. The lowest BCUT2D eigenvalue weighted by Crippen LogP contribution is -2.07. The highest BCUT2D eigenvalue weighted by Crippen LogP contribution is 2.23. The monoisotopic (exact) mass is 269 g/mol. The number of para-hydroxylation sites is 1. The second kappa shape index (κ2) is 4.61. The number of hydrogen-bond donors (Lipinski definition) is 1. The van der Waals surface area contributed by atoms with Crippen LogP contribution in [0.5, 0.6) is 0 Å². The van der Waals surface area contributed by atoms with Crippen molar-refractivity contribution < 1.29 is 4.92 Å². The molecule has 0 aliphatic rings. The van der Waals surface area contributed by atoms with Gasteiger partial charge in [-0.05, 0) is 11.6 Å². The van der Waals surface area contributed by atoms with E-state index in [1.165, 1.54) is 4.68 Å². The lowest BCUT2D eigenvalue weighted by molar-refractivity contribution is -0.384. The summed E-state index contributed by atoms with van der Waals surface area (Å²) in [5.74, 6) is 0.0444. The molecule has 1 aromatic carbocycles. The van der Waals surface area contributed by atoms with Crippen LogP contribution in [-0.4, -0.2) is 19.7 Å². The first-order valence-corrected chi connectivity index (χ1v) is 5.95. The number of fused-ring (bicyclic) bond motifs is 1. The number of aromatic nitrogens is 3. The quantitative estimate of drug-likeness (QED) is 0.578. The van der Waals surface area contributed by atoms with Crippen molar-refractivity contribution in [3.05, 3.63) is 58.4 Å². The van der Waals surface area contributed by atoms with Gasteiger partial charge in [-0.1, -0.05) is 24.3 Å². The molecule has 0 spiro atoms. The molecule has 0 aliphatic carbocycles. The van der Waals surface area contributed by atoms with E-state index in [2.05, 4.69) is 10.1 Å². The molecule has 3 aromatic rings. The second-order valence-corrected chi connectivity index (χ2v) is 4.32. The van der Waals surface area contributed by atoms with Gasteiger partial charge >= 0.3 is 5.69 Å². The molecule has 20 heavy (non-hydrogen) atoms. The second-order valence-electron chi connectivity index (χ2n) is 4.32. The minimum atomic E-state index is -0.541. The maximum absolute atomic E-state index is 10.8. The van der Waals surface area contributed by atoms with Crippen LogP contribution in [0.25, 0.3) is 10.9 Å². The predicted octanol–water partition coefficient (Wildman–Crippen LogP) is 1.97. The normalized spacial score (nSPS) is 10.8. The molecular weight excluding hydrogens is 258 g/mol. The third-order valence-corrected chi connectivity index (χ3v) is 3.09. The van der Waals surface area contributed by atoms with Crippen LogP contribution in [-0.2, 0) is 6.54 Å². The molecule has 0 radical (unpaired) electrons. The number of nitrogens with two attached hydrogens (primary N) is 1. The molecule has 0 aliphatic heterocycles. The van der Waals surface area contributed by atoms with Gasteiger partial charge in [-0.15, -0.1) is 0 Å². The van der Waals surface area contributed by atoms with E-state index < -0.39 is 4.92 Å². The summed E-state index contributed by atoms with van der Waals surface area (Å²) in [6, 6.07) is 9.59. The van der Waals surface area contributed by atoms with Gasteiger partial charge in [0.25, 0.3) is 0 Å². The number of pyridine rings is 1. The molecule has 0 amide bonds. The van der Waals surface area contributed by atoms with Crippen LogP contribution in [0.15, 0.2) is 42.7 Å². The van der Waals surface area contributed by atoms with E-state index in [0.29, 0.717) is 6.54 Å². The number of hydrogen-bond acceptors (Lipinski definition) is 5. The van der Waals surface area contributed by atoms with Crippen molar-refractivity contribution in [1.82, 2.24) is 14.8 Å². The highest BCUT2D eigenvalue weighted by Gasteiger charge is 2.18. The summed E-state index contributed by atoms with van der Waals surface area (Å²) in [7, 11) is 0. The Hall–Kier alpha value is -2.96. The van der Waals surface area contributed by atoms with Gasteiger partial charge in [0, 0.05) is 11.6 Å². The van der Waals surface area contributed by atoms with Crippen LogP contribution in [0.3, 0.4) is 0 Å². The molecule has 0 atom stereocenters. The van der Waals surface area contributed by atoms with Gasteiger partial charge in [-0.2, -0.15) is 5.10 Å². The maximum atomic E-state index is 10.8. The minimum Gasteiger partial charge on any atom is -0.378 e. The molecule has 7 nitrogen and oxygen atoms in total. The predicted molar refractivity (Wildman–Crippen MR) is 74.1 cm³/mol. The standard InChI is InChI=1S/C13H11N5O2/c14-13-11(18(19)20)7-16-17(13)8-10-4-1-3-9-5-2-6-15-12(9)10/h1-7H,8,14H2. The Kier molecular flexibility index (Phi) is 2.79. The van der Waals surface area contributed by atoms with Crippen molar-refractivity contribution in [2.45, 2.75) is 6.54 Å². The molecule has 0 unspecified atom stereocenters.